The van der Waals surface area contributed by atoms with Crippen molar-refractivity contribution in [3.8, 4) is 6.07 Å². The Kier molecular flexibility index (Phi) is 6.86. The third kappa shape index (κ3) is 4.01. The molecule has 0 aromatic carbocycles. The van der Waals surface area contributed by atoms with E-state index in [0.29, 0.717) is 28.2 Å². The molecule has 33 heavy (non-hydrogen) atoms. The van der Waals surface area contributed by atoms with Crippen molar-refractivity contribution in [2.45, 2.75) is 94.3 Å². The summed E-state index contributed by atoms with van der Waals surface area (Å²) in [7, 11) is 0. The zero-order chi connectivity index (χ0) is 24.2. The molecule has 0 N–H and O–H groups in total. The lowest BCUT2D eigenvalue weighted by Gasteiger charge is -2.65. The fraction of sp³-hybridized carbons (Fsp3) is 0.808. The lowest BCUT2D eigenvalue weighted by molar-refractivity contribution is -0.154. The molecule has 4 aliphatic carbocycles. The summed E-state index contributed by atoms with van der Waals surface area (Å²) < 4.78 is 10.8. The number of fused-ring (bicyclic) bond motifs is 5. The van der Waals surface area contributed by atoms with Gasteiger partial charge in [-0.2, -0.15) is 5.26 Å². The molecule has 7 heteroatoms. The minimum atomic E-state index is -0.341. The number of hydrogen-bond acceptors (Lipinski definition) is 5. The number of nitriles is 1. The van der Waals surface area contributed by atoms with Crippen LogP contribution in [-0.2, 0) is 19.1 Å². The van der Waals surface area contributed by atoms with Crippen LogP contribution >= 0.6 is 31.9 Å². The van der Waals surface area contributed by atoms with Crippen LogP contribution in [0.15, 0.2) is 11.1 Å². The zero-order valence-electron chi connectivity index (χ0n) is 20.1. The van der Waals surface area contributed by atoms with Crippen molar-refractivity contribution in [1.29, 1.82) is 5.26 Å². The lowest BCUT2D eigenvalue weighted by Crippen LogP contribution is -2.64. The Labute approximate surface area is 214 Å². The summed E-state index contributed by atoms with van der Waals surface area (Å²) in [6, 6.07) is 2.36. The highest BCUT2D eigenvalue weighted by Gasteiger charge is 2.66. The second-order valence-electron chi connectivity index (χ2n) is 11.2. The number of rotatable bonds is 3. The Morgan fingerprint density at radius 2 is 1.85 bits per heavy atom. The molecule has 4 fully saturated rings. The van der Waals surface area contributed by atoms with Gasteiger partial charge in [-0.05, 0) is 79.1 Å². The number of carbonyl (C=O) groups is 2. The molecule has 8 atom stereocenters. The van der Waals surface area contributed by atoms with Gasteiger partial charge in [-0.1, -0.05) is 45.7 Å². The third-order valence-corrected chi connectivity index (χ3v) is 13.3. The molecule has 2 unspecified atom stereocenters. The van der Waals surface area contributed by atoms with Gasteiger partial charge in [0, 0.05) is 29.4 Å². The molecule has 4 rings (SSSR count). The maximum Gasteiger partial charge on any atom is 0.302 e. The summed E-state index contributed by atoms with van der Waals surface area (Å²) in [6.07, 6.45) is 8.08. The molecule has 5 nitrogen and oxygen atoms in total. The first-order valence-corrected chi connectivity index (χ1v) is 13.9. The second kappa shape index (κ2) is 8.97. The second-order valence-corrected chi connectivity index (χ2v) is 13.7. The van der Waals surface area contributed by atoms with E-state index in [1.807, 2.05) is 0 Å². The van der Waals surface area contributed by atoms with Crippen molar-refractivity contribution < 1.29 is 19.1 Å². The van der Waals surface area contributed by atoms with Gasteiger partial charge in [0.05, 0.1) is 11.6 Å². The topological polar surface area (TPSA) is 76.4 Å². The maximum absolute atomic E-state index is 11.6. The van der Waals surface area contributed by atoms with Crippen molar-refractivity contribution in [2.75, 3.05) is 6.61 Å². The molecule has 4 saturated carbocycles. The van der Waals surface area contributed by atoms with E-state index in [1.54, 1.807) is 0 Å². The van der Waals surface area contributed by atoms with Crippen LogP contribution in [0.5, 0.6) is 0 Å². The van der Waals surface area contributed by atoms with E-state index in [0.717, 1.165) is 51.4 Å². The summed E-state index contributed by atoms with van der Waals surface area (Å²) >= 11 is 8.30. The van der Waals surface area contributed by atoms with Crippen molar-refractivity contribution in [3.05, 3.63) is 11.1 Å². The molecule has 0 radical (unpaired) electrons. The summed E-state index contributed by atoms with van der Waals surface area (Å²) in [6.45, 7) is 7.79. The van der Waals surface area contributed by atoms with Crippen LogP contribution in [-0.4, -0.2) is 33.8 Å². The highest BCUT2D eigenvalue weighted by Crippen LogP contribution is 2.71. The summed E-state index contributed by atoms with van der Waals surface area (Å²) in [5.41, 5.74) is 1.99. The Balaban J connectivity index is 1.63. The molecule has 0 aliphatic heterocycles. The maximum atomic E-state index is 11.6. The van der Waals surface area contributed by atoms with Crippen LogP contribution in [0.2, 0.25) is 0 Å². The van der Waals surface area contributed by atoms with E-state index in [-0.39, 0.29) is 39.8 Å². The largest absolute Gasteiger partial charge is 0.463 e. The predicted molar refractivity (Wildman–Crippen MR) is 133 cm³/mol. The van der Waals surface area contributed by atoms with E-state index in [2.05, 4.69) is 51.8 Å². The molecule has 0 spiro atoms. The quantitative estimate of drug-likeness (QED) is 0.223. The van der Waals surface area contributed by atoms with Gasteiger partial charge in [-0.3, -0.25) is 9.59 Å². The summed E-state index contributed by atoms with van der Waals surface area (Å²) in [5.74, 6) is 1.18. The van der Waals surface area contributed by atoms with Crippen LogP contribution in [0.1, 0.15) is 79.1 Å². The average Bonchev–Trinajstić information content (AvgIpc) is 3.08. The number of esters is 2. The van der Waals surface area contributed by atoms with Crippen LogP contribution in [0.3, 0.4) is 0 Å². The van der Waals surface area contributed by atoms with E-state index in [4.69, 9.17) is 9.47 Å². The van der Waals surface area contributed by atoms with Crippen molar-refractivity contribution in [3.63, 3.8) is 0 Å². The summed E-state index contributed by atoms with van der Waals surface area (Å²) in [4.78, 5) is 23.3. The van der Waals surface area contributed by atoms with Gasteiger partial charge in [-0.25, -0.2) is 0 Å². The molecule has 0 aromatic rings. The lowest BCUT2D eigenvalue weighted by atomic mass is 9.45. The molecular weight excluding hydrogens is 550 g/mol. The number of alkyl halides is 2. The number of allylic oxidation sites excluding steroid dienone is 1. The van der Waals surface area contributed by atoms with E-state index in [9.17, 15) is 14.9 Å². The molecule has 4 aliphatic rings. The molecule has 0 amide bonds. The normalized spacial score (nSPS) is 45.7. The Morgan fingerprint density at radius 3 is 2.48 bits per heavy atom. The average molecular weight is 585 g/mol. The minimum Gasteiger partial charge on any atom is -0.463 e. The van der Waals surface area contributed by atoms with Gasteiger partial charge < -0.3 is 9.47 Å². The predicted octanol–water partition coefficient (Wildman–Crippen LogP) is 6.23. The first-order chi connectivity index (χ1) is 15.5. The molecule has 0 bridgehead atoms. The van der Waals surface area contributed by atoms with Gasteiger partial charge >= 0.3 is 11.9 Å². The van der Waals surface area contributed by atoms with Gasteiger partial charge in [0.25, 0.3) is 0 Å². The van der Waals surface area contributed by atoms with Gasteiger partial charge in [0.15, 0.2) is 0 Å². The van der Waals surface area contributed by atoms with Gasteiger partial charge in [0.2, 0.25) is 0 Å². The number of carbonyl (C=O) groups excluding carboxylic acids is 2. The van der Waals surface area contributed by atoms with Gasteiger partial charge in [0.1, 0.15) is 12.7 Å². The first-order valence-electron chi connectivity index (χ1n) is 12.2. The smallest absolute Gasteiger partial charge is 0.302 e. The Morgan fingerprint density at radius 1 is 1.12 bits per heavy atom. The van der Waals surface area contributed by atoms with Crippen LogP contribution in [0, 0.1) is 39.9 Å². The molecule has 0 heterocycles. The highest BCUT2D eigenvalue weighted by atomic mass is 79.9. The highest BCUT2D eigenvalue weighted by molar-refractivity contribution is 9.12. The number of hydrogen-bond donors (Lipinski definition) is 0. The minimum absolute atomic E-state index is 0.00326. The van der Waals surface area contributed by atoms with E-state index >= 15 is 0 Å². The molecular formula is C26H35Br2NO4. The number of ether oxygens (including phenoxy) is 2. The molecule has 0 aromatic heterocycles. The van der Waals surface area contributed by atoms with Crippen molar-refractivity contribution >= 4 is 43.8 Å². The van der Waals surface area contributed by atoms with Crippen LogP contribution in [0.4, 0.5) is 0 Å². The van der Waals surface area contributed by atoms with E-state index in [1.165, 1.54) is 19.4 Å². The molecule has 182 valence electrons. The summed E-state index contributed by atoms with van der Waals surface area (Å²) in [5, 5.41) is 9.85. The molecule has 0 saturated heterocycles. The fourth-order valence-electron chi connectivity index (χ4n) is 8.15. The standard InChI is InChI=1S/C26H35Br2NO4/c1-15(30)32-14-17(13-29)20-5-6-21-19-11-23(27)26(28)12-18(33-16(2)31)7-10-25(26,4)22(19)8-9-24(20,21)3/h18-19,21-23H,5-12,14H2,1-4H3/b20-17+/t18-,19-,21-,22-,23?,24+,25+,26?/m0/s1. The number of halogens is 2. The number of nitrogens with zero attached hydrogens (tertiary/aromatic N) is 1. The van der Waals surface area contributed by atoms with Crippen molar-refractivity contribution in [2.24, 2.45) is 28.6 Å². The van der Waals surface area contributed by atoms with Crippen LogP contribution < -0.4 is 0 Å². The zero-order valence-corrected chi connectivity index (χ0v) is 23.3. The third-order valence-electron chi connectivity index (χ3n) is 9.73. The van der Waals surface area contributed by atoms with Gasteiger partial charge in [-0.15, -0.1) is 0 Å². The SMILES string of the molecule is CC(=O)OC/C(C#N)=C1\CC[C@H]2[C@@H]3CC(Br)C4(Br)C[C@@H](OC(C)=O)CC[C@]4(C)[C@H]3CC[C@]12C. The first kappa shape index (κ1) is 25.2. The fourth-order valence-corrected chi connectivity index (χ4v) is 10.3. The van der Waals surface area contributed by atoms with Crippen LogP contribution in [0.25, 0.3) is 0 Å². The monoisotopic (exact) mass is 583 g/mol. The van der Waals surface area contributed by atoms with E-state index < -0.39 is 0 Å². The Hall–Kier alpha value is -0.870. The Bertz CT molecular complexity index is 912. The van der Waals surface area contributed by atoms with Crippen molar-refractivity contribution in [1.82, 2.24) is 0 Å².